The second-order valence-corrected chi connectivity index (χ2v) is 6.05. The van der Waals surface area contributed by atoms with Crippen LogP contribution >= 0.6 is 11.8 Å². The summed E-state index contributed by atoms with van der Waals surface area (Å²) in [5.41, 5.74) is 3.05. The Kier molecular flexibility index (Phi) is 4.20. The smallest absolute Gasteiger partial charge is 0.140 e. The van der Waals surface area contributed by atoms with E-state index in [1.54, 1.807) is 17.8 Å². The molecule has 1 heterocycles. The Morgan fingerprint density at radius 2 is 1.82 bits per heavy atom. The topological polar surface area (TPSA) is 38.0 Å². The fourth-order valence-corrected chi connectivity index (χ4v) is 2.85. The molecule has 0 fully saturated rings. The van der Waals surface area contributed by atoms with Crippen molar-refractivity contribution < 1.29 is 5.11 Å². The lowest BCUT2D eigenvalue weighted by atomic mass is 10.1. The third-order valence-corrected chi connectivity index (χ3v) is 4.47. The second kappa shape index (κ2) is 6.28. The molecule has 0 saturated heterocycles. The van der Waals surface area contributed by atoms with Gasteiger partial charge in [0.2, 0.25) is 0 Å². The van der Waals surface area contributed by atoms with Crippen LogP contribution in [0.25, 0.3) is 11.4 Å². The first kappa shape index (κ1) is 14.7. The number of aromatic hydroxyl groups is 1. The summed E-state index contributed by atoms with van der Waals surface area (Å²) in [6, 6.07) is 15.8. The molecule has 3 nitrogen and oxygen atoms in total. The van der Waals surface area contributed by atoms with Crippen molar-refractivity contribution >= 4 is 11.8 Å². The molecule has 0 spiro atoms. The number of aryl methyl sites for hydroxylation is 1. The van der Waals surface area contributed by atoms with Crippen LogP contribution in [0.5, 0.6) is 5.75 Å². The second-order valence-electron chi connectivity index (χ2n) is 5.17. The number of thioether (sulfide) groups is 1. The Bertz CT molecular complexity index is 778. The maximum absolute atomic E-state index is 9.99. The summed E-state index contributed by atoms with van der Waals surface area (Å²) < 4.78 is 2.13. The predicted octanol–water partition coefficient (Wildman–Crippen LogP) is 4.33. The molecule has 0 bridgehead atoms. The molecule has 3 aromatic rings. The fraction of sp³-hybridized carbons (Fsp3) is 0.167. The van der Waals surface area contributed by atoms with E-state index >= 15 is 0 Å². The van der Waals surface area contributed by atoms with Crippen LogP contribution in [0.4, 0.5) is 0 Å². The summed E-state index contributed by atoms with van der Waals surface area (Å²) in [5, 5.41) is 9.99. The third kappa shape index (κ3) is 2.88. The lowest BCUT2D eigenvalue weighted by molar-refractivity contribution is 0.466. The number of nitrogens with zero attached hydrogens (tertiary/aromatic N) is 2. The monoisotopic (exact) mass is 310 g/mol. The molecule has 2 aromatic carbocycles. The minimum absolute atomic E-state index is 0.319. The van der Waals surface area contributed by atoms with Gasteiger partial charge in [0.05, 0.1) is 6.54 Å². The van der Waals surface area contributed by atoms with Crippen LogP contribution in [0.2, 0.25) is 0 Å². The molecule has 0 saturated carbocycles. The van der Waals surface area contributed by atoms with Gasteiger partial charge in [0.15, 0.2) is 0 Å². The highest BCUT2D eigenvalue weighted by Crippen LogP contribution is 2.25. The first-order valence-electron chi connectivity index (χ1n) is 7.12. The van der Waals surface area contributed by atoms with Gasteiger partial charge in [0.25, 0.3) is 0 Å². The quantitative estimate of drug-likeness (QED) is 0.729. The van der Waals surface area contributed by atoms with Gasteiger partial charge in [-0.1, -0.05) is 30.3 Å². The zero-order valence-electron chi connectivity index (χ0n) is 12.7. The number of hydrogen-bond donors (Lipinski definition) is 1. The molecule has 0 radical (unpaired) electrons. The van der Waals surface area contributed by atoms with E-state index in [9.17, 15) is 5.11 Å². The average molecular weight is 310 g/mol. The predicted molar refractivity (Wildman–Crippen MR) is 91.4 cm³/mol. The molecule has 1 N–H and O–H groups in total. The molecule has 22 heavy (non-hydrogen) atoms. The van der Waals surface area contributed by atoms with Crippen LogP contribution in [-0.4, -0.2) is 20.9 Å². The lowest BCUT2D eigenvalue weighted by Gasteiger charge is -2.12. The molecule has 1 aromatic heterocycles. The first-order chi connectivity index (χ1) is 10.7. The molecular formula is C18H18N2OS. The summed E-state index contributed by atoms with van der Waals surface area (Å²) in [6.07, 6.45) is 3.94. The molecule has 0 atom stereocenters. The summed E-state index contributed by atoms with van der Waals surface area (Å²) in [6.45, 7) is 2.64. The molecule has 0 aliphatic carbocycles. The largest absolute Gasteiger partial charge is 0.508 e. The maximum atomic E-state index is 9.99. The van der Waals surface area contributed by atoms with E-state index in [1.807, 2.05) is 31.3 Å². The van der Waals surface area contributed by atoms with Gasteiger partial charge >= 0.3 is 0 Å². The average Bonchev–Trinajstić information content (AvgIpc) is 2.91. The van der Waals surface area contributed by atoms with Crippen molar-refractivity contribution in [2.75, 3.05) is 6.26 Å². The fourth-order valence-electron chi connectivity index (χ4n) is 2.45. The van der Waals surface area contributed by atoms with Gasteiger partial charge in [0.1, 0.15) is 11.6 Å². The van der Waals surface area contributed by atoms with Crippen LogP contribution < -0.4 is 0 Å². The van der Waals surface area contributed by atoms with Crippen molar-refractivity contribution in [3.63, 3.8) is 0 Å². The van der Waals surface area contributed by atoms with Crippen molar-refractivity contribution in [1.82, 2.24) is 9.55 Å². The Balaban J connectivity index is 1.98. The van der Waals surface area contributed by atoms with E-state index in [1.165, 1.54) is 4.90 Å². The zero-order valence-corrected chi connectivity index (χ0v) is 13.5. The van der Waals surface area contributed by atoms with E-state index in [0.717, 1.165) is 22.6 Å². The number of imidazole rings is 1. The van der Waals surface area contributed by atoms with E-state index in [-0.39, 0.29) is 0 Å². The van der Waals surface area contributed by atoms with Crippen molar-refractivity contribution in [2.24, 2.45) is 0 Å². The van der Waals surface area contributed by atoms with Gasteiger partial charge in [0, 0.05) is 27.9 Å². The van der Waals surface area contributed by atoms with Crippen molar-refractivity contribution in [3.05, 3.63) is 66.0 Å². The number of aromatic nitrogens is 2. The number of phenolic OH excluding ortho intramolecular Hbond substituents is 1. The van der Waals surface area contributed by atoms with Gasteiger partial charge in [-0.05, 0) is 31.4 Å². The highest BCUT2D eigenvalue weighted by atomic mass is 32.2. The molecule has 0 amide bonds. The summed E-state index contributed by atoms with van der Waals surface area (Å²) in [4.78, 5) is 5.78. The number of hydrogen-bond acceptors (Lipinski definition) is 3. The lowest BCUT2D eigenvalue weighted by Crippen LogP contribution is -2.04. The van der Waals surface area contributed by atoms with Gasteiger partial charge in [-0.2, -0.15) is 0 Å². The number of para-hydroxylation sites is 1. The maximum Gasteiger partial charge on any atom is 0.140 e. The van der Waals surface area contributed by atoms with Gasteiger partial charge in [-0.15, -0.1) is 11.8 Å². The SMILES string of the molecule is CSc1ccc(-c2ncc(C)n2Cc2ccccc2O)cc1. The number of rotatable bonds is 4. The van der Waals surface area contributed by atoms with E-state index in [2.05, 4.69) is 40.1 Å². The van der Waals surface area contributed by atoms with Crippen molar-refractivity contribution in [2.45, 2.75) is 18.4 Å². The van der Waals surface area contributed by atoms with E-state index in [4.69, 9.17) is 0 Å². The highest BCUT2D eigenvalue weighted by Gasteiger charge is 2.11. The van der Waals surface area contributed by atoms with Gasteiger partial charge in [-0.25, -0.2) is 4.98 Å². The molecule has 3 rings (SSSR count). The van der Waals surface area contributed by atoms with Crippen LogP contribution in [0, 0.1) is 6.92 Å². The molecule has 4 heteroatoms. The standard InChI is InChI=1S/C18H18N2OS/c1-13-11-19-18(14-7-9-16(22-2)10-8-14)20(13)12-15-5-3-4-6-17(15)21/h3-11,21H,12H2,1-2H3. The van der Waals surface area contributed by atoms with Crippen LogP contribution in [-0.2, 0) is 6.54 Å². The molecule has 112 valence electrons. The summed E-state index contributed by atoms with van der Waals surface area (Å²) in [5.74, 6) is 1.24. The Morgan fingerprint density at radius 1 is 1.09 bits per heavy atom. The molecular weight excluding hydrogens is 292 g/mol. The zero-order chi connectivity index (χ0) is 15.5. The normalized spacial score (nSPS) is 10.8. The summed E-state index contributed by atoms with van der Waals surface area (Å²) in [7, 11) is 0. The van der Waals surface area contributed by atoms with Crippen LogP contribution in [0.1, 0.15) is 11.3 Å². The Hall–Kier alpha value is -2.20. The molecule has 0 aliphatic heterocycles. The van der Waals surface area contributed by atoms with E-state index < -0.39 is 0 Å². The Labute approximate surface area is 134 Å². The highest BCUT2D eigenvalue weighted by molar-refractivity contribution is 7.98. The first-order valence-corrected chi connectivity index (χ1v) is 8.35. The van der Waals surface area contributed by atoms with Gasteiger partial charge < -0.3 is 9.67 Å². The van der Waals surface area contributed by atoms with Crippen molar-refractivity contribution in [3.8, 4) is 17.1 Å². The summed E-state index contributed by atoms with van der Waals surface area (Å²) >= 11 is 1.73. The van der Waals surface area contributed by atoms with Crippen LogP contribution in [0.15, 0.2) is 59.6 Å². The Morgan fingerprint density at radius 3 is 2.50 bits per heavy atom. The van der Waals surface area contributed by atoms with Gasteiger partial charge in [-0.3, -0.25) is 0 Å². The third-order valence-electron chi connectivity index (χ3n) is 3.72. The minimum Gasteiger partial charge on any atom is -0.508 e. The molecule has 0 aliphatic rings. The molecule has 0 unspecified atom stereocenters. The van der Waals surface area contributed by atoms with Crippen molar-refractivity contribution in [1.29, 1.82) is 0 Å². The number of benzene rings is 2. The minimum atomic E-state index is 0.319. The van der Waals surface area contributed by atoms with E-state index in [0.29, 0.717) is 12.3 Å². The van der Waals surface area contributed by atoms with Crippen LogP contribution in [0.3, 0.4) is 0 Å². The number of phenols is 1.